The summed E-state index contributed by atoms with van der Waals surface area (Å²) in [4.78, 5) is 27.1. The topological polar surface area (TPSA) is 84.3 Å². The first-order valence-electron chi connectivity index (χ1n) is 9.81. The lowest BCUT2D eigenvalue weighted by atomic mass is 10.1. The van der Waals surface area contributed by atoms with Gasteiger partial charge in [0.2, 0.25) is 0 Å². The molecule has 0 atom stereocenters. The number of Topliss-reactive ketones (excluding diaryl/α,β-unsaturated/α-hetero) is 1. The van der Waals surface area contributed by atoms with Gasteiger partial charge < -0.3 is 19.4 Å². The zero-order chi connectivity index (χ0) is 20.8. The van der Waals surface area contributed by atoms with E-state index < -0.39 is 0 Å². The third kappa shape index (κ3) is 4.96. The lowest BCUT2D eigenvalue weighted by molar-refractivity contribution is -0.124. The molecule has 2 heterocycles. The second kappa shape index (κ2) is 9.28. The number of benzene rings is 1. The largest absolute Gasteiger partial charge is 0.503 e. The fourth-order valence-corrected chi connectivity index (χ4v) is 3.25. The van der Waals surface area contributed by atoms with Crippen molar-refractivity contribution in [2.45, 2.75) is 39.0 Å². The van der Waals surface area contributed by atoms with E-state index in [-0.39, 0.29) is 23.7 Å². The summed E-state index contributed by atoms with van der Waals surface area (Å²) in [7, 11) is 1.48. The smallest absolute Gasteiger partial charge is 0.182 e. The van der Waals surface area contributed by atoms with Crippen LogP contribution in [-0.4, -0.2) is 33.3 Å². The maximum absolute atomic E-state index is 12.1. The summed E-state index contributed by atoms with van der Waals surface area (Å²) in [5, 5.41) is 11.6. The molecule has 0 radical (unpaired) electrons. The minimum Gasteiger partial charge on any atom is -0.503 e. The van der Waals surface area contributed by atoms with E-state index in [2.05, 4.69) is 11.9 Å². The molecule has 6 heteroatoms. The number of phenolic OH excluding ortho intramolecular Hbond substituents is 1. The molecule has 29 heavy (non-hydrogen) atoms. The fraction of sp³-hybridized carbons (Fsp3) is 0.304. The monoisotopic (exact) mass is 394 g/mol. The van der Waals surface area contributed by atoms with Gasteiger partial charge in [0.05, 0.1) is 24.7 Å². The van der Waals surface area contributed by atoms with Crippen molar-refractivity contribution in [3.8, 4) is 17.2 Å². The van der Waals surface area contributed by atoms with E-state index in [0.717, 1.165) is 30.2 Å². The predicted octanol–water partition coefficient (Wildman–Crippen LogP) is 4.79. The van der Waals surface area contributed by atoms with Crippen molar-refractivity contribution >= 4 is 28.5 Å². The summed E-state index contributed by atoms with van der Waals surface area (Å²) in [6, 6.07) is 5.37. The number of carbonyl (C=O) groups excluding carboxylic acids is 2. The van der Waals surface area contributed by atoms with Crippen molar-refractivity contribution in [3.63, 3.8) is 0 Å². The zero-order valence-corrected chi connectivity index (χ0v) is 16.8. The molecule has 0 fully saturated rings. The van der Waals surface area contributed by atoms with Crippen LogP contribution >= 0.6 is 0 Å². The van der Waals surface area contributed by atoms with Gasteiger partial charge >= 0.3 is 0 Å². The highest BCUT2D eigenvalue weighted by Gasteiger charge is 2.13. The van der Waals surface area contributed by atoms with Crippen molar-refractivity contribution in [2.75, 3.05) is 7.11 Å². The number of nitrogens with one attached hydrogen (secondary N) is 1. The minimum absolute atomic E-state index is 0.0136. The first-order valence-corrected chi connectivity index (χ1v) is 9.81. The molecule has 6 nitrogen and oxygen atoms in total. The van der Waals surface area contributed by atoms with Gasteiger partial charge in [0.1, 0.15) is 5.78 Å². The molecule has 0 aliphatic heterocycles. The molecule has 2 aromatic heterocycles. The summed E-state index contributed by atoms with van der Waals surface area (Å²) < 4.78 is 7.09. The highest BCUT2D eigenvalue weighted by molar-refractivity contribution is 6.06. The average molecular weight is 394 g/mol. The number of unbranched alkanes of at least 4 members (excludes halogenated alkanes) is 2. The van der Waals surface area contributed by atoms with Crippen LogP contribution in [0.3, 0.4) is 0 Å². The summed E-state index contributed by atoms with van der Waals surface area (Å²) in [6.45, 7) is 2.08. The van der Waals surface area contributed by atoms with Crippen LogP contribution in [0.25, 0.3) is 22.7 Å². The van der Waals surface area contributed by atoms with Crippen LogP contribution in [-0.2, 0) is 9.59 Å². The number of aromatic hydroxyl groups is 1. The lowest BCUT2D eigenvalue weighted by Gasteiger charge is -2.11. The van der Waals surface area contributed by atoms with Crippen LogP contribution in [0.1, 0.15) is 44.6 Å². The van der Waals surface area contributed by atoms with Gasteiger partial charge in [0.25, 0.3) is 0 Å². The van der Waals surface area contributed by atoms with E-state index >= 15 is 0 Å². The summed E-state index contributed by atoms with van der Waals surface area (Å²) >= 11 is 0. The van der Waals surface area contributed by atoms with Gasteiger partial charge in [0.15, 0.2) is 17.3 Å². The normalized spacial score (nSPS) is 11.4. The van der Waals surface area contributed by atoms with E-state index in [9.17, 15) is 14.7 Å². The van der Waals surface area contributed by atoms with Crippen LogP contribution in [0.5, 0.6) is 11.5 Å². The molecule has 3 rings (SSSR count). The molecule has 0 unspecified atom stereocenters. The van der Waals surface area contributed by atoms with Crippen LogP contribution < -0.4 is 4.74 Å². The number of aromatic amines is 1. The molecule has 0 spiro atoms. The van der Waals surface area contributed by atoms with Crippen LogP contribution in [0, 0.1) is 0 Å². The van der Waals surface area contributed by atoms with Crippen molar-refractivity contribution in [3.05, 3.63) is 48.4 Å². The molecule has 2 N–H and O–H groups in total. The third-order valence-corrected chi connectivity index (χ3v) is 4.83. The Hall–Kier alpha value is -3.28. The van der Waals surface area contributed by atoms with Gasteiger partial charge in [-0.3, -0.25) is 9.59 Å². The average Bonchev–Trinajstić information content (AvgIpc) is 3.29. The molecule has 1 aromatic carbocycles. The number of ether oxygens (including phenoxy) is 1. The number of H-pyrrole nitrogens is 1. The number of phenols is 1. The molecular weight excluding hydrogens is 368 g/mol. The number of hydrogen-bond acceptors (Lipinski definition) is 4. The van der Waals surface area contributed by atoms with Crippen molar-refractivity contribution in [2.24, 2.45) is 0 Å². The van der Waals surface area contributed by atoms with Crippen molar-refractivity contribution in [1.29, 1.82) is 0 Å². The Bertz CT molecular complexity index is 1010. The quantitative estimate of drug-likeness (QED) is 0.294. The summed E-state index contributed by atoms with van der Waals surface area (Å²) in [5.41, 5.74) is 2.18. The minimum atomic E-state index is -0.227. The van der Waals surface area contributed by atoms with Crippen molar-refractivity contribution in [1.82, 2.24) is 9.55 Å². The number of fused-ring (bicyclic) bond motifs is 1. The number of hydrogen-bond donors (Lipinski definition) is 2. The van der Waals surface area contributed by atoms with Gasteiger partial charge in [0, 0.05) is 30.4 Å². The molecule has 0 aliphatic carbocycles. The van der Waals surface area contributed by atoms with Crippen molar-refractivity contribution < 1.29 is 19.4 Å². The first-order chi connectivity index (χ1) is 14.0. The van der Waals surface area contributed by atoms with E-state index in [1.807, 2.05) is 24.7 Å². The standard InChI is InChI=1S/C23H26N2O4/c1-3-4-5-6-18(26)13-19(27)8-7-16-11-21(23(28)22(12-16)29-2)25-14-17-9-10-24-20(17)15-25/h7-12,14-15,24,28H,3-6,13H2,1-2H3. The highest BCUT2D eigenvalue weighted by Crippen LogP contribution is 2.35. The molecular formula is C23H26N2O4. The molecule has 0 aliphatic rings. The van der Waals surface area contributed by atoms with Crippen LogP contribution in [0.15, 0.2) is 42.9 Å². The Morgan fingerprint density at radius 1 is 1.24 bits per heavy atom. The Labute approximate surface area is 169 Å². The zero-order valence-electron chi connectivity index (χ0n) is 16.8. The van der Waals surface area contributed by atoms with E-state index in [1.54, 1.807) is 22.8 Å². The summed E-state index contributed by atoms with van der Waals surface area (Å²) in [6.07, 6.45) is 11.9. The Balaban J connectivity index is 1.78. The van der Waals surface area contributed by atoms with Gasteiger partial charge in [-0.25, -0.2) is 0 Å². The van der Waals surface area contributed by atoms with E-state index in [0.29, 0.717) is 23.4 Å². The highest BCUT2D eigenvalue weighted by atomic mass is 16.5. The third-order valence-electron chi connectivity index (χ3n) is 4.83. The van der Waals surface area contributed by atoms with E-state index in [1.165, 1.54) is 13.2 Å². The number of carbonyl (C=O) groups is 2. The lowest BCUT2D eigenvalue weighted by Crippen LogP contribution is -2.05. The Morgan fingerprint density at radius 2 is 2.07 bits per heavy atom. The van der Waals surface area contributed by atoms with Gasteiger partial charge in [-0.1, -0.05) is 25.8 Å². The van der Waals surface area contributed by atoms with Crippen LogP contribution in [0.2, 0.25) is 0 Å². The Kier molecular flexibility index (Phi) is 6.54. The summed E-state index contributed by atoms with van der Waals surface area (Å²) in [5.74, 6) is 0.0659. The second-order valence-corrected chi connectivity index (χ2v) is 7.08. The maximum Gasteiger partial charge on any atom is 0.182 e. The molecule has 0 amide bonds. The predicted molar refractivity (Wildman–Crippen MR) is 114 cm³/mol. The first kappa shape index (κ1) is 20.5. The number of methoxy groups -OCH3 is 1. The number of ketones is 2. The fourth-order valence-electron chi connectivity index (χ4n) is 3.25. The molecule has 152 valence electrons. The molecule has 3 aromatic rings. The number of aromatic nitrogens is 2. The molecule has 0 saturated carbocycles. The number of allylic oxidation sites excluding steroid dienone is 1. The number of nitrogens with zero attached hydrogens (tertiary/aromatic N) is 1. The van der Waals surface area contributed by atoms with Gasteiger partial charge in [-0.2, -0.15) is 0 Å². The molecule has 0 saturated heterocycles. The maximum atomic E-state index is 12.1. The Morgan fingerprint density at radius 3 is 2.79 bits per heavy atom. The second-order valence-electron chi connectivity index (χ2n) is 7.08. The molecule has 0 bridgehead atoms. The SMILES string of the molecule is CCCCCC(=O)CC(=O)C=Cc1cc(OC)c(O)c(-n2cc3cc[nH]c3c2)c1. The van der Waals surface area contributed by atoms with Crippen LogP contribution in [0.4, 0.5) is 0 Å². The van der Waals surface area contributed by atoms with Gasteiger partial charge in [-0.15, -0.1) is 0 Å². The van der Waals surface area contributed by atoms with E-state index in [4.69, 9.17) is 4.74 Å². The van der Waals surface area contributed by atoms with Gasteiger partial charge in [-0.05, 0) is 36.3 Å². The number of rotatable bonds is 10.